The molecule has 0 radical (unpaired) electrons. The third-order valence-electron chi connectivity index (χ3n) is 3.22. The van der Waals surface area contributed by atoms with Crippen LogP contribution >= 0.6 is 0 Å². The van der Waals surface area contributed by atoms with Crippen LogP contribution in [0.25, 0.3) is 22.4 Å². The van der Waals surface area contributed by atoms with E-state index in [-0.39, 0.29) is 6.04 Å². The van der Waals surface area contributed by atoms with E-state index < -0.39 is 0 Å². The molecule has 1 unspecified atom stereocenters. The second-order valence-corrected chi connectivity index (χ2v) is 4.77. The number of benzene rings is 1. The highest BCUT2D eigenvalue weighted by molar-refractivity contribution is 5.91. The molecule has 0 saturated carbocycles. The van der Waals surface area contributed by atoms with Gasteiger partial charge in [-0.05, 0) is 26.0 Å². The quantitative estimate of drug-likeness (QED) is 0.768. The van der Waals surface area contributed by atoms with Crippen molar-refractivity contribution in [3.05, 3.63) is 36.4 Å². The van der Waals surface area contributed by atoms with Gasteiger partial charge in [0.05, 0.1) is 11.6 Å². The molecule has 1 aromatic carbocycles. The van der Waals surface area contributed by atoms with Gasteiger partial charge in [0.2, 0.25) is 5.89 Å². The molecular weight excluding hydrogens is 254 g/mol. The molecule has 1 N–H and O–H groups in total. The predicted molar refractivity (Wildman–Crippen MR) is 76.2 cm³/mol. The molecule has 0 aliphatic carbocycles. The first-order valence-electron chi connectivity index (χ1n) is 6.83. The van der Waals surface area contributed by atoms with Crippen molar-refractivity contribution in [2.45, 2.75) is 26.3 Å². The van der Waals surface area contributed by atoms with Gasteiger partial charge in [-0.2, -0.15) is 0 Å². The first-order valence-corrected chi connectivity index (χ1v) is 6.83. The maximum absolute atomic E-state index is 5.75. The number of fused-ring (bicyclic) bond motifs is 1. The summed E-state index contributed by atoms with van der Waals surface area (Å²) in [7, 11) is 0. The van der Waals surface area contributed by atoms with E-state index in [1.165, 1.54) is 0 Å². The van der Waals surface area contributed by atoms with Crippen LogP contribution in [0.2, 0.25) is 0 Å². The number of hydrogen-bond donors (Lipinski definition) is 1. The molecule has 5 nitrogen and oxygen atoms in total. The molecule has 0 bridgehead atoms. The molecule has 0 amide bonds. The van der Waals surface area contributed by atoms with Crippen LogP contribution in [-0.4, -0.2) is 16.7 Å². The van der Waals surface area contributed by atoms with E-state index >= 15 is 0 Å². The summed E-state index contributed by atoms with van der Waals surface area (Å²) >= 11 is 0. The van der Waals surface area contributed by atoms with E-state index in [1.54, 1.807) is 6.26 Å². The van der Waals surface area contributed by atoms with Crippen LogP contribution in [0.1, 0.15) is 32.2 Å². The summed E-state index contributed by atoms with van der Waals surface area (Å²) in [5, 5.41) is 12.5. The van der Waals surface area contributed by atoms with Gasteiger partial charge in [-0.15, -0.1) is 10.2 Å². The monoisotopic (exact) mass is 271 g/mol. The van der Waals surface area contributed by atoms with Gasteiger partial charge in [-0.1, -0.05) is 25.1 Å². The zero-order valence-electron chi connectivity index (χ0n) is 11.6. The Balaban J connectivity index is 1.90. The second-order valence-electron chi connectivity index (χ2n) is 4.77. The summed E-state index contributed by atoms with van der Waals surface area (Å²) in [4.78, 5) is 0. The van der Waals surface area contributed by atoms with Crippen LogP contribution in [0.15, 0.2) is 39.4 Å². The van der Waals surface area contributed by atoms with E-state index in [0.717, 1.165) is 29.5 Å². The Kier molecular flexibility index (Phi) is 3.52. The summed E-state index contributed by atoms with van der Waals surface area (Å²) in [6.07, 6.45) is 2.73. The maximum Gasteiger partial charge on any atom is 0.251 e. The third-order valence-corrected chi connectivity index (χ3v) is 3.22. The zero-order valence-corrected chi connectivity index (χ0v) is 11.6. The molecule has 0 fully saturated rings. The number of para-hydroxylation sites is 1. The Bertz CT molecular complexity index is 702. The van der Waals surface area contributed by atoms with Crippen molar-refractivity contribution >= 4 is 11.0 Å². The smallest absolute Gasteiger partial charge is 0.251 e. The fraction of sp³-hybridized carbons (Fsp3) is 0.333. The van der Waals surface area contributed by atoms with E-state index in [1.807, 2.05) is 31.2 Å². The SMILES string of the molecule is CCCNC(C)c1nnc(-c2coc3ccccc23)o1. The first-order chi connectivity index (χ1) is 9.79. The minimum atomic E-state index is 0.0503. The topological polar surface area (TPSA) is 64.1 Å². The number of nitrogens with zero attached hydrogens (tertiary/aromatic N) is 2. The predicted octanol–water partition coefficient (Wildman–Crippen LogP) is 3.54. The van der Waals surface area contributed by atoms with Gasteiger partial charge in [0.1, 0.15) is 11.8 Å². The van der Waals surface area contributed by atoms with Gasteiger partial charge in [0, 0.05) is 5.39 Å². The largest absolute Gasteiger partial charge is 0.463 e. The fourth-order valence-corrected chi connectivity index (χ4v) is 2.11. The van der Waals surface area contributed by atoms with Crippen LogP contribution < -0.4 is 5.32 Å². The molecule has 5 heteroatoms. The Morgan fingerprint density at radius 3 is 2.95 bits per heavy atom. The van der Waals surface area contributed by atoms with Crippen LogP contribution in [0.5, 0.6) is 0 Å². The second kappa shape index (κ2) is 5.46. The molecule has 0 aliphatic rings. The lowest BCUT2D eigenvalue weighted by Crippen LogP contribution is -2.19. The molecule has 0 saturated heterocycles. The molecule has 2 heterocycles. The van der Waals surface area contributed by atoms with Crippen LogP contribution in [-0.2, 0) is 0 Å². The third kappa shape index (κ3) is 2.32. The summed E-state index contributed by atoms with van der Waals surface area (Å²) in [5.74, 6) is 1.09. The molecule has 0 spiro atoms. The Hall–Kier alpha value is -2.14. The van der Waals surface area contributed by atoms with E-state index in [2.05, 4.69) is 22.4 Å². The normalized spacial score (nSPS) is 12.9. The van der Waals surface area contributed by atoms with Gasteiger partial charge in [-0.3, -0.25) is 0 Å². The van der Waals surface area contributed by atoms with Gasteiger partial charge in [-0.25, -0.2) is 0 Å². The maximum atomic E-state index is 5.75. The molecule has 3 rings (SSSR count). The standard InChI is InChI=1S/C15H17N3O2/c1-3-8-16-10(2)14-17-18-15(20-14)12-9-19-13-7-5-4-6-11(12)13/h4-7,9-10,16H,3,8H2,1-2H3. The minimum Gasteiger partial charge on any atom is -0.463 e. The highest BCUT2D eigenvalue weighted by Crippen LogP contribution is 2.30. The summed E-state index contributed by atoms with van der Waals surface area (Å²) in [6.45, 7) is 5.06. The average Bonchev–Trinajstić information content (AvgIpc) is 3.10. The molecule has 3 aromatic rings. The summed E-state index contributed by atoms with van der Waals surface area (Å²) < 4.78 is 11.2. The first kappa shape index (κ1) is 12.9. The molecule has 20 heavy (non-hydrogen) atoms. The summed E-state index contributed by atoms with van der Waals surface area (Å²) in [6, 6.07) is 7.85. The average molecular weight is 271 g/mol. The molecule has 1 atom stereocenters. The van der Waals surface area contributed by atoms with Crippen molar-refractivity contribution < 1.29 is 8.83 Å². The molecular formula is C15H17N3O2. The number of furan rings is 1. The molecule has 0 aliphatic heterocycles. The van der Waals surface area contributed by atoms with E-state index in [0.29, 0.717) is 11.8 Å². The van der Waals surface area contributed by atoms with Gasteiger partial charge in [0.15, 0.2) is 0 Å². The lowest BCUT2D eigenvalue weighted by atomic mass is 10.2. The Labute approximate surface area is 117 Å². The lowest BCUT2D eigenvalue weighted by molar-refractivity contribution is 0.423. The number of aromatic nitrogens is 2. The Morgan fingerprint density at radius 1 is 1.25 bits per heavy atom. The highest BCUT2D eigenvalue weighted by atomic mass is 16.4. The van der Waals surface area contributed by atoms with Crippen molar-refractivity contribution in [2.75, 3.05) is 6.54 Å². The molecule has 104 valence electrons. The van der Waals surface area contributed by atoms with Crippen LogP contribution in [0, 0.1) is 0 Å². The van der Waals surface area contributed by atoms with Crippen molar-refractivity contribution in [3.8, 4) is 11.5 Å². The molecule has 2 aromatic heterocycles. The number of rotatable bonds is 5. The Morgan fingerprint density at radius 2 is 2.10 bits per heavy atom. The van der Waals surface area contributed by atoms with Crippen LogP contribution in [0.3, 0.4) is 0 Å². The van der Waals surface area contributed by atoms with Gasteiger partial charge in [0.25, 0.3) is 5.89 Å². The zero-order chi connectivity index (χ0) is 13.9. The van der Waals surface area contributed by atoms with Gasteiger partial charge >= 0.3 is 0 Å². The van der Waals surface area contributed by atoms with Crippen LogP contribution in [0.4, 0.5) is 0 Å². The van der Waals surface area contributed by atoms with E-state index in [4.69, 9.17) is 8.83 Å². The lowest BCUT2D eigenvalue weighted by Gasteiger charge is -2.07. The van der Waals surface area contributed by atoms with Gasteiger partial charge < -0.3 is 14.2 Å². The fourth-order valence-electron chi connectivity index (χ4n) is 2.11. The van der Waals surface area contributed by atoms with Crippen molar-refractivity contribution in [1.82, 2.24) is 15.5 Å². The minimum absolute atomic E-state index is 0.0503. The number of nitrogens with one attached hydrogen (secondary N) is 1. The number of hydrogen-bond acceptors (Lipinski definition) is 5. The summed E-state index contributed by atoms with van der Waals surface area (Å²) in [5.41, 5.74) is 1.65. The van der Waals surface area contributed by atoms with Crippen molar-refractivity contribution in [2.24, 2.45) is 0 Å². The highest BCUT2D eigenvalue weighted by Gasteiger charge is 2.17. The van der Waals surface area contributed by atoms with Crippen molar-refractivity contribution in [3.63, 3.8) is 0 Å². The van der Waals surface area contributed by atoms with Crippen molar-refractivity contribution in [1.29, 1.82) is 0 Å². The van der Waals surface area contributed by atoms with E-state index in [9.17, 15) is 0 Å².